The third-order valence-corrected chi connectivity index (χ3v) is 20.9. The molecule has 4 heterocycles. The van der Waals surface area contributed by atoms with Gasteiger partial charge in [0.05, 0.1) is 31.5 Å². The van der Waals surface area contributed by atoms with Crippen LogP contribution in [0.25, 0.3) is 11.2 Å². The van der Waals surface area contributed by atoms with Gasteiger partial charge in [0.2, 0.25) is 58.8 Å². The van der Waals surface area contributed by atoms with Gasteiger partial charge in [-0.2, -0.15) is 0 Å². The summed E-state index contributed by atoms with van der Waals surface area (Å²) in [5.74, 6) is -11.1. The van der Waals surface area contributed by atoms with Crippen LogP contribution in [-0.2, 0) is 68.8 Å². The zero-order valence-corrected chi connectivity index (χ0v) is 66.8. The number of likely N-dealkylation sites (N-methyl/N-ethyl adjacent to an activating group) is 6. The molecule has 0 radical (unpaired) electrons. The molecule has 0 unspecified atom stereocenters. The summed E-state index contributed by atoms with van der Waals surface area (Å²) < 4.78 is 13.7. The molecule has 104 heavy (non-hydrogen) atoms. The molecule has 0 spiro atoms. The van der Waals surface area contributed by atoms with Crippen LogP contribution in [0.4, 0.5) is 0 Å². The van der Waals surface area contributed by atoms with Crippen molar-refractivity contribution in [3.8, 4) is 0 Å². The van der Waals surface area contributed by atoms with Gasteiger partial charge >= 0.3 is 0 Å². The van der Waals surface area contributed by atoms with E-state index in [-0.39, 0.29) is 62.9 Å². The third-order valence-electron chi connectivity index (χ3n) is 20.9. The fourth-order valence-corrected chi connectivity index (χ4v) is 14.1. The first-order valence-electron chi connectivity index (χ1n) is 38.1. The summed E-state index contributed by atoms with van der Waals surface area (Å²) in [6.45, 7) is 32.5. The highest BCUT2D eigenvalue weighted by atomic mass is 16.5. The van der Waals surface area contributed by atoms with Gasteiger partial charge in [0.1, 0.15) is 53.9 Å². The molecule has 0 saturated carbocycles. The van der Waals surface area contributed by atoms with Gasteiger partial charge in [0, 0.05) is 99.4 Å². The van der Waals surface area contributed by atoms with E-state index < -0.39 is 161 Å². The second kappa shape index (κ2) is 42.3. The average Bonchev–Trinajstić information content (AvgIpc) is 1.03. The van der Waals surface area contributed by atoms with Gasteiger partial charge in [-0.3, -0.25) is 57.6 Å². The van der Waals surface area contributed by atoms with Crippen molar-refractivity contribution in [2.45, 2.75) is 261 Å². The molecule has 2 aliphatic heterocycles. The van der Waals surface area contributed by atoms with E-state index in [2.05, 4.69) is 36.1 Å². The first-order chi connectivity index (χ1) is 48.8. The van der Waals surface area contributed by atoms with Crippen LogP contribution < -0.4 is 16.0 Å². The van der Waals surface area contributed by atoms with Crippen molar-refractivity contribution in [2.24, 2.45) is 47.3 Å². The Morgan fingerprint density at radius 3 is 1.70 bits per heavy atom. The number of morpholine rings is 1. The number of ether oxygens (including phenoxy) is 2. The third kappa shape index (κ3) is 25.0. The van der Waals surface area contributed by atoms with E-state index in [0.717, 1.165) is 31.6 Å². The first kappa shape index (κ1) is 89.4. The number of aliphatic hydroxyl groups is 1. The number of carbonyl (C=O) groups excluding carboxylic acids is 11. The summed E-state index contributed by atoms with van der Waals surface area (Å²) in [6.07, 6.45) is 2.77. The molecule has 0 aromatic carbocycles. The molecular formula is C76H130N14O14. The maximum Gasteiger partial charge on any atom is 0.245 e. The Morgan fingerprint density at radius 2 is 1.12 bits per heavy atom. The highest BCUT2D eigenvalue weighted by molar-refractivity contribution is 6.00. The number of amides is 9. The molecule has 28 nitrogen and oxygen atoms in total. The number of aromatic nitrogens is 4. The van der Waals surface area contributed by atoms with E-state index in [0.29, 0.717) is 57.5 Å². The number of nitrogens with zero attached hydrogens (tertiary/aromatic N) is 11. The summed E-state index contributed by atoms with van der Waals surface area (Å²) in [5.41, 5.74) is 1.31. The normalized spacial score (nSPS) is 26.2. The molecule has 2 aliphatic rings. The number of aryl methyl sites for hydroxylation is 1. The van der Waals surface area contributed by atoms with Crippen LogP contribution in [0, 0.1) is 47.3 Å². The fourth-order valence-electron chi connectivity index (χ4n) is 14.1. The first-order valence-corrected chi connectivity index (χ1v) is 38.1. The van der Waals surface area contributed by atoms with Crippen molar-refractivity contribution >= 4 is 75.9 Å². The molecule has 4 N–H and O–H groups in total. The van der Waals surface area contributed by atoms with Crippen LogP contribution in [0.2, 0.25) is 0 Å². The smallest absolute Gasteiger partial charge is 0.245 e. The summed E-state index contributed by atoms with van der Waals surface area (Å²) in [5, 5.41) is 29.2. The van der Waals surface area contributed by atoms with E-state index in [4.69, 9.17) is 9.47 Å². The SMILES string of the molecule is CC[C@@H]1NC(=O)[C@H]([C@H](O)[C@H](C)CCCCCn2nnc3ncccc32)NC(=O)[C@H](C(C)C)N(C)C(=O)[C@H](CC(C)C)N(C)C(=O)[C@H](CC(C)C)N(C)C(=O)[C@@H](C)NC(=O)[C@H](C)CC(=O)[C@H](CC(C)C)N(C)C(=O)[C@H](C(C)C)CC(=O)[C@H]([C@@H](C)OCCCCN2CCOCC2)N(C)C(=O)[C@@H](C)N(C)C1=O. The average molecular weight is 1460 g/mol. The highest BCUT2D eigenvalue weighted by Gasteiger charge is 2.45. The number of ketones is 2. The quantitative estimate of drug-likeness (QED) is 0.0956. The van der Waals surface area contributed by atoms with Crippen molar-refractivity contribution in [1.29, 1.82) is 0 Å². The molecule has 0 aliphatic carbocycles. The molecule has 2 aromatic rings. The lowest BCUT2D eigenvalue weighted by Crippen LogP contribution is -2.63. The number of Topliss-reactive ketones (excluding diaryl/α,β-unsaturated/α-hetero) is 2. The molecule has 28 heteroatoms. The molecule has 2 aromatic heterocycles. The molecular weight excluding hydrogens is 1330 g/mol. The van der Waals surface area contributed by atoms with E-state index in [9.17, 15) is 24.3 Å². The summed E-state index contributed by atoms with van der Waals surface area (Å²) >= 11 is 0. The van der Waals surface area contributed by atoms with Crippen molar-refractivity contribution in [3.63, 3.8) is 0 Å². The molecule has 9 amide bonds. The predicted octanol–water partition coefficient (Wildman–Crippen LogP) is 5.40. The Labute approximate surface area is 619 Å². The lowest BCUT2D eigenvalue weighted by Gasteiger charge is -2.40. The molecule has 2 fully saturated rings. The number of carbonyl (C=O) groups is 11. The standard InChI is InChI=1S/C76H130N14O14/c1-23-56-74(100)83(17)53(15)72(98)88(22)65(54(16)104-37-28-27-33-89-35-38-103-39-36-89)62(92)44-55(48(8)9)73(99)84(18)58(40-45(2)3)61(91)43-51(13)68(94)78-52(14)71(97)85(19)59(41-46(4)5)75(101)86(20)60(42-47(6)7)76(102)87(21)64(49(10)11)70(96)80-63(69(95)79-56)66(93)50(12)30-25-24-26-34-90-57-31-29-32-77-67(57)81-82-90/h29,31-32,45-56,58-60,63-66,93H,23-28,30,33-44H2,1-22H3,(H,78,94)(H,79,95)(H,80,96)/t50-,51-,52-,53-,54-,55+,56+,58+,59+,60+,63+,64+,65+,66-/m1/s1. The van der Waals surface area contributed by atoms with Crippen molar-refractivity contribution in [1.82, 2.24) is 70.2 Å². The molecule has 0 bridgehead atoms. The zero-order chi connectivity index (χ0) is 78.3. The number of fused-ring (bicyclic) bond motifs is 1. The zero-order valence-electron chi connectivity index (χ0n) is 66.8. The van der Waals surface area contributed by atoms with Crippen LogP contribution >= 0.6 is 0 Å². The monoisotopic (exact) mass is 1460 g/mol. The van der Waals surface area contributed by atoms with Crippen molar-refractivity contribution < 1.29 is 67.3 Å². The highest BCUT2D eigenvalue weighted by Crippen LogP contribution is 2.28. The Morgan fingerprint density at radius 1 is 0.567 bits per heavy atom. The van der Waals surface area contributed by atoms with E-state index in [1.54, 1.807) is 66.3 Å². The van der Waals surface area contributed by atoms with E-state index >= 15 is 33.6 Å². The van der Waals surface area contributed by atoms with Gasteiger partial charge in [-0.25, -0.2) is 9.67 Å². The Kier molecular flexibility index (Phi) is 36.4. The van der Waals surface area contributed by atoms with Crippen molar-refractivity contribution in [2.75, 3.05) is 81.7 Å². The minimum atomic E-state index is -1.71. The summed E-state index contributed by atoms with van der Waals surface area (Å²) in [4.78, 5) is 179. The number of aliphatic hydroxyl groups excluding tert-OH is 1. The van der Waals surface area contributed by atoms with Gasteiger partial charge in [0.25, 0.3) is 0 Å². The Balaban J connectivity index is 1.86. The van der Waals surface area contributed by atoms with Crippen molar-refractivity contribution in [3.05, 3.63) is 18.3 Å². The number of unbranched alkanes of at least 4 members (excludes halogenated alkanes) is 3. The Bertz CT molecular complexity index is 3160. The van der Waals surface area contributed by atoms with Crippen LogP contribution in [0.15, 0.2) is 18.3 Å². The minimum Gasteiger partial charge on any atom is -0.390 e. The predicted molar refractivity (Wildman–Crippen MR) is 398 cm³/mol. The maximum atomic E-state index is 15.3. The van der Waals surface area contributed by atoms with Crippen LogP contribution in [0.5, 0.6) is 0 Å². The maximum absolute atomic E-state index is 15.3. The second-order valence-corrected chi connectivity index (χ2v) is 31.4. The second-order valence-electron chi connectivity index (χ2n) is 31.4. The molecule has 588 valence electrons. The fraction of sp³-hybridized carbons (Fsp3) is 0.789. The number of rotatable bonds is 24. The topological polar surface area (TPSA) is 329 Å². The largest absolute Gasteiger partial charge is 0.390 e. The van der Waals surface area contributed by atoms with Gasteiger partial charge in [-0.1, -0.05) is 108 Å². The van der Waals surface area contributed by atoms with Gasteiger partial charge in [-0.15, -0.1) is 5.10 Å². The van der Waals surface area contributed by atoms with E-state index in [1.165, 1.54) is 85.5 Å². The number of pyridine rings is 1. The van der Waals surface area contributed by atoms with Gasteiger partial charge in [-0.05, 0) is 126 Å². The molecule has 14 atom stereocenters. The summed E-state index contributed by atoms with van der Waals surface area (Å²) in [6, 6.07) is -7.77. The molecule has 2 saturated heterocycles. The Hall–Kier alpha value is -7.04. The lowest BCUT2D eigenvalue weighted by molar-refractivity contribution is -0.154. The number of nitrogens with one attached hydrogen (secondary N) is 3. The van der Waals surface area contributed by atoms with E-state index in [1.807, 2.05) is 53.7 Å². The summed E-state index contributed by atoms with van der Waals surface area (Å²) in [7, 11) is 8.72. The lowest BCUT2D eigenvalue weighted by atomic mass is 9.85. The molecule has 4 rings (SSSR count). The number of hydrogen-bond acceptors (Lipinski definition) is 18. The van der Waals surface area contributed by atoms with Crippen LogP contribution in [0.1, 0.15) is 188 Å². The minimum absolute atomic E-state index is 0.0142. The van der Waals surface area contributed by atoms with Crippen LogP contribution in [-0.4, -0.2) is 272 Å². The van der Waals surface area contributed by atoms with Crippen LogP contribution in [0.3, 0.4) is 0 Å². The van der Waals surface area contributed by atoms with Gasteiger partial charge < -0.3 is 59.9 Å². The van der Waals surface area contributed by atoms with Gasteiger partial charge in [0.15, 0.2) is 11.6 Å². The number of hydrogen-bond donors (Lipinski definition) is 4.